The highest BCUT2D eigenvalue weighted by molar-refractivity contribution is 6.06. The summed E-state index contributed by atoms with van der Waals surface area (Å²) >= 11 is 0. The standard InChI is InChI=1S/C27H32F3N5O2/c1-33(2)26(36)21-18-32-22-9-4-3-8-20(22)25(21)31-12-7-13-34-14-16-35(17-15-34)23-10-5-6-11-24(23)37-19-27(28,29)30/h3-6,8-11,18H,7,12-17,19H2,1-2H3,(H,31,32). The van der Waals surface area contributed by atoms with Gasteiger partial charge < -0.3 is 19.9 Å². The van der Waals surface area contributed by atoms with Crippen molar-refractivity contribution in [3.63, 3.8) is 0 Å². The number of fused-ring (bicyclic) bond motifs is 1. The number of nitrogens with zero attached hydrogens (tertiary/aromatic N) is 4. The number of pyridine rings is 1. The van der Waals surface area contributed by atoms with Gasteiger partial charge in [0.1, 0.15) is 5.75 Å². The number of nitrogens with one attached hydrogen (secondary N) is 1. The molecule has 1 aromatic heterocycles. The second-order valence-corrected chi connectivity index (χ2v) is 9.24. The van der Waals surface area contributed by atoms with Crippen LogP contribution < -0.4 is 15.0 Å². The summed E-state index contributed by atoms with van der Waals surface area (Å²) in [5, 5.41) is 4.38. The molecular weight excluding hydrogens is 483 g/mol. The number of benzene rings is 2. The number of halogens is 3. The molecule has 198 valence electrons. The molecule has 1 fully saturated rings. The van der Waals surface area contributed by atoms with Gasteiger partial charge in [-0.3, -0.25) is 14.7 Å². The van der Waals surface area contributed by atoms with Crippen LogP contribution in [0.2, 0.25) is 0 Å². The quantitative estimate of drug-likeness (QED) is 0.424. The summed E-state index contributed by atoms with van der Waals surface area (Å²) in [5.74, 6) is 0.154. The van der Waals surface area contributed by atoms with Crippen LogP contribution in [0.3, 0.4) is 0 Å². The molecule has 2 aromatic carbocycles. The number of carbonyl (C=O) groups excluding carboxylic acids is 1. The SMILES string of the molecule is CN(C)C(=O)c1cnc2ccccc2c1NCCCN1CCN(c2ccccc2OCC(F)(F)F)CC1. The number of hydrogen-bond donors (Lipinski definition) is 1. The van der Waals surface area contributed by atoms with Crippen molar-refractivity contribution < 1.29 is 22.7 Å². The van der Waals surface area contributed by atoms with Crippen LogP contribution in [0.15, 0.2) is 54.7 Å². The van der Waals surface area contributed by atoms with Crippen molar-refractivity contribution >= 4 is 28.2 Å². The number of piperazine rings is 1. The fourth-order valence-corrected chi connectivity index (χ4v) is 4.46. The lowest BCUT2D eigenvalue weighted by molar-refractivity contribution is -0.153. The smallest absolute Gasteiger partial charge is 0.422 e. The van der Waals surface area contributed by atoms with Crippen molar-refractivity contribution in [2.45, 2.75) is 12.6 Å². The number of anilines is 2. The van der Waals surface area contributed by atoms with E-state index in [0.717, 1.165) is 42.6 Å². The first-order valence-electron chi connectivity index (χ1n) is 12.3. The van der Waals surface area contributed by atoms with Crippen LogP contribution in [0, 0.1) is 0 Å². The van der Waals surface area contributed by atoms with E-state index in [4.69, 9.17) is 4.74 Å². The molecule has 1 amide bonds. The van der Waals surface area contributed by atoms with Crippen LogP contribution in [0.1, 0.15) is 16.8 Å². The molecule has 10 heteroatoms. The van der Waals surface area contributed by atoms with E-state index in [1.165, 1.54) is 0 Å². The molecule has 0 atom stereocenters. The lowest BCUT2D eigenvalue weighted by atomic mass is 10.1. The Balaban J connectivity index is 1.31. The molecule has 0 radical (unpaired) electrons. The van der Waals surface area contributed by atoms with E-state index in [1.54, 1.807) is 43.4 Å². The van der Waals surface area contributed by atoms with Crippen molar-refractivity contribution in [1.29, 1.82) is 0 Å². The van der Waals surface area contributed by atoms with Gasteiger partial charge in [0.15, 0.2) is 6.61 Å². The Morgan fingerprint density at radius 3 is 2.49 bits per heavy atom. The van der Waals surface area contributed by atoms with Crippen molar-refractivity contribution in [2.24, 2.45) is 0 Å². The molecule has 1 aliphatic heterocycles. The molecule has 7 nitrogen and oxygen atoms in total. The first kappa shape index (κ1) is 26.5. The highest BCUT2D eigenvalue weighted by Gasteiger charge is 2.29. The molecule has 1 N–H and O–H groups in total. The maximum Gasteiger partial charge on any atom is 0.422 e. The molecule has 0 saturated carbocycles. The van der Waals surface area contributed by atoms with Crippen LogP contribution >= 0.6 is 0 Å². The lowest BCUT2D eigenvalue weighted by Crippen LogP contribution is -2.47. The summed E-state index contributed by atoms with van der Waals surface area (Å²) in [5.41, 5.74) is 2.86. The second-order valence-electron chi connectivity index (χ2n) is 9.24. The van der Waals surface area contributed by atoms with Gasteiger partial charge in [-0.1, -0.05) is 30.3 Å². The largest absolute Gasteiger partial charge is 0.482 e. The van der Waals surface area contributed by atoms with Gasteiger partial charge in [0.25, 0.3) is 5.91 Å². The summed E-state index contributed by atoms with van der Waals surface area (Å²) in [6.45, 7) is 3.27. The molecule has 3 aromatic rings. The number of amides is 1. The molecule has 1 saturated heterocycles. The Morgan fingerprint density at radius 1 is 1.05 bits per heavy atom. The van der Waals surface area contributed by atoms with Crippen molar-refractivity contribution in [3.05, 3.63) is 60.3 Å². The summed E-state index contributed by atoms with van der Waals surface area (Å²) in [4.78, 5) is 23.1. The Hall–Kier alpha value is -3.53. The zero-order chi connectivity index (χ0) is 26.4. The van der Waals surface area contributed by atoms with E-state index in [1.807, 2.05) is 30.3 Å². The maximum atomic E-state index is 12.7. The number of alkyl halides is 3. The third-order valence-electron chi connectivity index (χ3n) is 6.33. The van der Waals surface area contributed by atoms with Crippen molar-refractivity contribution in [3.8, 4) is 5.75 Å². The highest BCUT2D eigenvalue weighted by Crippen LogP contribution is 2.31. The van der Waals surface area contributed by atoms with E-state index in [2.05, 4.69) is 20.1 Å². The summed E-state index contributed by atoms with van der Waals surface area (Å²) in [6.07, 6.45) is -1.87. The van der Waals surface area contributed by atoms with E-state index in [0.29, 0.717) is 30.9 Å². The van der Waals surface area contributed by atoms with Crippen molar-refractivity contribution in [2.75, 3.05) is 70.2 Å². The van der Waals surface area contributed by atoms with Crippen LogP contribution in [-0.2, 0) is 0 Å². The monoisotopic (exact) mass is 515 g/mol. The van der Waals surface area contributed by atoms with E-state index in [-0.39, 0.29) is 11.7 Å². The van der Waals surface area contributed by atoms with Gasteiger partial charge in [0.05, 0.1) is 22.5 Å². The van der Waals surface area contributed by atoms with Crippen LogP contribution in [0.25, 0.3) is 10.9 Å². The predicted octanol–water partition coefficient (Wildman–Crippen LogP) is 4.50. The summed E-state index contributed by atoms with van der Waals surface area (Å²) < 4.78 is 42.9. The molecule has 0 bridgehead atoms. The van der Waals surface area contributed by atoms with Crippen LogP contribution in [0.4, 0.5) is 24.5 Å². The number of hydrogen-bond acceptors (Lipinski definition) is 6. The van der Waals surface area contributed by atoms with Gasteiger partial charge in [0.2, 0.25) is 0 Å². The molecular formula is C27H32F3N5O2. The van der Waals surface area contributed by atoms with Gasteiger partial charge in [-0.25, -0.2) is 0 Å². The average molecular weight is 516 g/mol. The highest BCUT2D eigenvalue weighted by atomic mass is 19.4. The fourth-order valence-electron chi connectivity index (χ4n) is 4.46. The normalized spacial score (nSPS) is 14.6. The molecule has 0 unspecified atom stereocenters. The number of para-hydroxylation sites is 3. The summed E-state index contributed by atoms with van der Waals surface area (Å²) in [7, 11) is 3.45. The molecule has 2 heterocycles. The maximum absolute atomic E-state index is 12.7. The number of carbonyl (C=O) groups is 1. The molecule has 37 heavy (non-hydrogen) atoms. The van der Waals surface area contributed by atoms with Gasteiger partial charge >= 0.3 is 6.18 Å². The number of rotatable bonds is 9. The van der Waals surface area contributed by atoms with E-state index < -0.39 is 12.8 Å². The average Bonchev–Trinajstić information content (AvgIpc) is 2.89. The first-order valence-corrected chi connectivity index (χ1v) is 12.3. The van der Waals surface area contributed by atoms with Gasteiger partial charge in [0, 0.05) is 58.4 Å². The number of ether oxygens (including phenoxy) is 1. The van der Waals surface area contributed by atoms with Gasteiger partial charge in [-0.2, -0.15) is 13.2 Å². The zero-order valence-corrected chi connectivity index (χ0v) is 21.1. The predicted molar refractivity (Wildman–Crippen MR) is 140 cm³/mol. The molecule has 0 spiro atoms. The Morgan fingerprint density at radius 2 is 1.76 bits per heavy atom. The third kappa shape index (κ3) is 6.82. The molecule has 0 aliphatic carbocycles. The first-order chi connectivity index (χ1) is 17.7. The Kier molecular flexibility index (Phi) is 8.38. The zero-order valence-electron chi connectivity index (χ0n) is 21.1. The Labute approximate surface area is 214 Å². The second kappa shape index (κ2) is 11.7. The van der Waals surface area contributed by atoms with Gasteiger partial charge in [-0.15, -0.1) is 0 Å². The van der Waals surface area contributed by atoms with E-state index in [9.17, 15) is 18.0 Å². The third-order valence-corrected chi connectivity index (χ3v) is 6.33. The van der Waals surface area contributed by atoms with Crippen molar-refractivity contribution in [1.82, 2.24) is 14.8 Å². The van der Waals surface area contributed by atoms with Crippen LogP contribution in [-0.4, -0.2) is 86.8 Å². The minimum Gasteiger partial charge on any atom is -0.482 e. The fraction of sp³-hybridized carbons (Fsp3) is 0.407. The topological polar surface area (TPSA) is 60.9 Å². The van der Waals surface area contributed by atoms with Crippen LogP contribution in [0.5, 0.6) is 5.75 Å². The Bertz CT molecular complexity index is 1210. The van der Waals surface area contributed by atoms with E-state index >= 15 is 0 Å². The molecule has 4 rings (SSSR count). The minimum absolute atomic E-state index is 0.101. The minimum atomic E-state index is -4.37. The summed E-state index contributed by atoms with van der Waals surface area (Å²) in [6, 6.07) is 14.6. The lowest BCUT2D eigenvalue weighted by Gasteiger charge is -2.36. The molecule has 1 aliphatic rings. The number of aromatic nitrogens is 1. The van der Waals surface area contributed by atoms with Gasteiger partial charge in [-0.05, 0) is 31.2 Å².